The third kappa shape index (κ3) is 3.25. The van der Waals surface area contributed by atoms with Crippen LogP contribution in [0.3, 0.4) is 0 Å². The molecule has 100 valence electrons. The van der Waals surface area contributed by atoms with Crippen LogP contribution in [0.5, 0.6) is 0 Å². The first kappa shape index (κ1) is 13.4. The number of carbonyl (C=O) groups is 1. The third-order valence-electron chi connectivity index (χ3n) is 2.27. The first-order valence-corrected chi connectivity index (χ1v) is 6.63. The first-order chi connectivity index (χ1) is 9.22. The lowest BCUT2D eigenvalue weighted by molar-refractivity contribution is 0.0524. The highest BCUT2D eigenvalue weighted by Crippen LogP contribution is 2.26. The van der Waals surface area contributed by atoms with E-state index >= 15 is 0 Å². The Morgan fingerprint density at radius 1 is 1.47 bits per heavy atom. The fraction of sp³-hybridized carbons (Fsp3) is 0.250. The number of nitrogen functional groups attached to an aromatic ring is 1. The SMILES string of the molecule is CCOC(=O)c1ccoc1CSc1nccnc1N. The van der Waals surface area contributed by atoms with E-state index in [1.807, 2.05) is 0 Å². The van der Waals surface area contributed by atoms with Gasteiger partial charge >= 0.3 is 5.97 Å². The van der Waals surface area contributed by atoms with Gasteiger partial charge in [-0.25, -0.2) is 14.8 Å². The first-order valence-electron chi connectivity index (χ1n) is 5.65. The summed E-state index contributed by atoms with van der Waals surface area (Å²) in [5.41, 5.74) is 6.12. The maximum Gasteiger partial charge on any atom is 0.341 e. The van der Waals surface area contributed by atoms with E-state index in [1.165, 1.54) is 24.2 Å². The van der Waals surface area contributed by atoms with Gasteiger partial charge in [-0.1, -0.05) is 11.8 Å². The van der Waals surface area contributed by atoms with Crippen molar-refractivity contribution in [2.75, 3.05) is 12.3 Å². The van der Waals surface area contributed by atoms with Crippen LogP contribution in [0.4, 0.5) is 5.82 Å². The zero-order chi connectivity index (χ0) is 13.7. The van der Waals surface area contributed by atoms with Crippen molar-refractivity contribution in [1.82, 2.24) is 9.97 Å². The maximum absolute atomic E-state index is 11.7. The number of anilines is 1. The molecule has 2 N–H and O–H groups in total. The average molecular weight is 279 g/mol. The van der Waals surface area contributed by atoms with E-state index in [0.717, 1.165) is 0 Å². The third-order valence-corrected chi connectivity index (χ3v) is 3.27. The number of esters is 1. The quantitative estimate of drug-likeness (QED) is 0.662. The van der Waals surface area contributed by atoms with Crippen molar-refractivity contribution in [3.63, 3.8) is 0 Å². The molecule has 0 unspecified atom stereocenters. The predicted molar refractivity (Wildman–Crippen MR) is 70.7 cm³/mol. The van der Waals surface area contributed by atoms with Crippen LogP contribution in [-0.2, 0) is 10.5 Å². The summed E-state index contributed by atoms with van der Waals surface area (Å²) in [6.45, 7) is 2.08. The normalized spacial score (nSPS) is 10.4. The predicted octanol–water partition coefficient (Wildman–Crippen LogP) is 2.12. The molecule has 0 bridgehead atoms. The summed E-state index contributed by atoms with van der Waals surface area (Å²) >= 11 is 1.35. The molecule has 2 rings (SSSR count). The second kappa shape index (κ2) is 6.24. The number of hydrogen-bond acceptors (Lipinski definition) is 7. The van der Waals surface area contributed by atoms with Gasteiger partial charge in [0.1, 0.15) is 16.3 Å². The minimum atomic E-state index is -0.390. The van der Waals surface area contributed by atoms with Gasteiger partial charge < -0.3 is 14.9 Å². The van der Waals surface area contributed by atoms with Gasteiger partial charge in [0.15, 0.2) is 5.82 Å². The van der Waals surface area contributed by atoms with Gasteiger partial charge in [0.05, 0.1) is 18.6 Å². The Balaban J connectivity index is 2.06. The fourth-order valence-corrected chi connectivity index (χ4v) is 2.25. The molecule has 7 heteroatoms. The zero-order valence-electron chi connectivity index (χ0n) is 10.3. The molecule has 19 heavy (non-hydrogen) atoms. The zero-order valence-corrected chi connectivity index (χ0v) is 11.1. The molecular weight excluding hydrogens is 266 g/mol. The number of hydrogen-bond donors (Lipinski definition) is 1. The van der Waals surface area contributed by atoms with E-state index in [4.69, 9.17) is 14.9 Å². The molecule has 0 atom stereocenters. The lowest BCUT2D eigenvalue weighted by atomic mass is 10.3. The van der Waals surface area contributed by atoms with Crippen molar-refractivity contribution >= 4 is 23.5 Å². The fourth-order valence-electron chi connectivity index (χ4n) is 1.42. The van der Waals surface area contributed by atoms with E-state index in [-0.39, 0.29) is 5.97 Å². The summed E-state index contributed by atoms with van der Waals surface area (Å²) in [6, 6.07) is 1.59. The number of carbonyl (C=O) groups excluding carboxylic acids is 1. The van der Waals surface area contributed by atoms with Crippen molar-refractivity contribution in [3.05, 3.63) is 36.0 Å². The molecule has 0 amide bonds. The van der Waals surface area contributed by atoms with Gasteiger partial charge in [-0.3, -0.25) is 0 Å². The lowest BCUT2D eigenvalue weighted by Gasteiger charge is -2.03. The van der Waals surface area contributed by atoms with Gasteiger partial charge in [-0.05, 0) is 13.0 Å². The summed E-state index contributed by atoms with van der Waals surface area (Å²) in [5, 5.41) is 0.605. The summed E-state index contributed by atoms with van der Waals surface area (Å²) in [4.78, 5) is 19.7. The molecule has 2 heterocycles. The summed E-state index contributed by atoms with van der Waals surface area (Å²) in [5.74, 6) is 0.938. The summed E-state index contributed by atoms with van der Waals surface area (Å²) < 4.78 is 10.2. The lowest BCUT2D eigenvalue weighted by Crippen LogP contribution is -2.05. The Labute approximate surface area is 114 Å². The van der Waals surface area contributed by atoms with Gasteiger partial charge in [-0.2, -0.15) is 0 Å². The van der Waals surface area contributed by atoms with Gasteiger partial charge in [-0.15, -0.1) is 0 Å². The molecular formula is C12H13N3O3S. The van der Waals surface area contributed by atoms with E-state index < -0.39 is 0 Å². The van der Waals surface area contributed by atoms with Crippen molar-refractivity contribution in [2.45, 2.75) is 17.7 Å². The molecule has 6 nitrogen and oxygen atoms in total. The Morgan fingerprint density at radius 2 is 2.26 bits per heavy atom. The van der Waals surface area contributed by atoms with Crippen LogP contribution in [-0.4, -0.2) is 22.5 Å². The van der Waals surface area contributed by atoms with Crippen LogP contribution in [0.2, 0.25) is 0 Å². The largest absolute Gasteiger partial charge is 0.468 e. The monoisotopic (exact) mass is 279 g/mol. The van der Waals surface area contributed by atoms with Crippen LogP contribution in [0.15, 0.2) is 34.2 Å². The van der Waals surface area contributed by atoms with Gasteiger partial charge in [0, 0.05) is 12.4 Å². The molecule has 0 aromatic carbocycles. The van der Waals surface area contributed by atoms with Gasteiger partial charge in [0.25, 0.3) is 0 Å². The van der Waals surface area contributed by atoms with Crippen molar-refractivity contribution in [2.24, 2.45) is 0 Å². The Hall–Kier alpha value is -2.02. The standard InChI is InChI=1S/C12H13N3O3S/c1-2-17-12(16)8-3-6-18-9(8)7-19-11-10(13)14-4-5-15-11/h3-6H,2,7H2,1H3,(H2,13,14). The highest BCUT2D eigenvalue weighted by Gasteiger charge is 2.16. The topological polar surface area (TPSA) is 91.2 Å². The number of ether oxygens (including phenoxy) is 1. The Morgan fingerprint density at radius 3 is 3.00 bits per heavy atom. The average Bonchev–Trinajstić information content (AvgIpc) is 2.86. The van der Waals surface area contributed by atoms with E-state index in [1.54, 1.807) is 19.2 Å². The summed E-state index contributed by atoms with van der Waals surface area (Å²) in [6.07, 6.45) is 4.55. The number of furan rings is 1. The molecule has 2 aromatic heterocycles. The van der Waals surface area contributed by atoms with E-state index in [0.29, 0.717) is 34.5 Å². The number of aromatic nitrogens is 2. The van der Waals surface area contributed by atoms with Crippen LogP contribution >= 0.6 is 11.8 Å². The molecule has 0 aliphatic rings. The van der Waals surface area contributed by atoms with E-state index in [9.17, 15) is 4.79 Å². The second-order valence-electron chi connectivity index (χ2n) is 3.51. The molecule has 0 aliphatic carbocycles. The number of nitrogens with zero attached hydrogens (tertiary/aromatic N) is 2. The molecule has 2 aromatic rings. The van der Waals surface area contributed by atoms with E-state index in [2.05, 4.69) is 9.97 Å². The van der Waals surface area contributed by atoms with Crippen molar-refractivity contribution in [1.29, 1.82) is 0 Å². The highest BCUT2D eigenvalue weighted by molar-refractivity contribution is 7.98. The smallest absolute Gasteiger partial charge is 0.341 e. The maximum atomic E-state index is 11.7. The molecule has 0 radical (unpaired) electrons. The molecule has 0 saturated heterocycles. The number of rotatable bonds is 5. The number of nitrogens with two attached hydrogens (primary N) is 1. The van der Waals surface area contributed by atoms with Crippen LogP contribution < -0.4 is 5.73 Å². The number of thioether (sulfide) groups is 1. The van der Waals surface area contributed by atoms with Crippen molar-refractivity contribution in [3.8, 4) is 0 Å². The highest BCUT2D eigenvalue weighted by atomic mass is 32.2. The van der Waals surface area contributed by atoms with Crippen LogP contribution in [0.1, 0.15) is 23.0 Å². The Bertz CT molecular complexity index is 571. The molecule has 0 spiro atoms. The van der Waals surface area contributed by atoms with Crippen LogP contribution in [0, 0.1) is 0 Å². The van der Waals surface area contributed by atoms with Gasteiger partial charge in [0.2, 0.25) is 0 Å². The molecule has 0 fully saturated rings. The summed E-state index contributed by atoms with van der Waals surface area (Å²) in [7, 11) is 0. The van der Waals surface area contributed by atoms with Crippen LogP contribution in [0.25, 0.3) is 0 Å². The minimum absolute atomic E-state index is 0.327. The Kier molecular flexibility index (Phi) is 4.40. The minimum Gasteiger partial charge on any atom is -0.468 e. The van der Waals surface area contributed by atoms with Crippen molar-refractivity contribution < 1.29 is 13.9 Å². The molecule has 0 aliphatic heterocycles. The second-order valence-corrected chi connectivity index (χ2v) is 4.48. The molecule has 0 saturated carbocycles.